The highest BCUT2D eigenvalue weighted by Crippen LogP contribution is 2.31. The largest absolute Gasteiger partial charge is 0.506 e. The van der Waals surface area contributed by atoms with Crippen LogP contribution in [0, 0.1) is 0 Å². The van der Waals surface area contributed by atoms with Crippen LogP contribution in [0.5, 0.6) is 23.0 Å². The Labute approximate surface area is 218 Å². The number of aliphatic hydroxyl groups excluding tert-OH is 1. The molecule has 3 rings (SSSR count). The first-order valence-electron chi connectivity index (χ1n) is 11.8. The van der Waals surface area contributed by atoms with Crippen molar-refractivity contribution in [2.24, 2.45) is 0 Å². The molecule has 0 aliphatic heterocycles. The van der Waals surface area contributed by atoms with Crippen molar-refractivity contribution < 1.29 is 32.8 Å². The molecular formula is C27H34N2O7S. The third-order valence-corrected chi connectivity index (χ3v) is 6.32. The monoisotopic (exact) mass is 530 g/mol. The van der Waals surface area contributed by atoms with Crippen LogP contribution < -0.4 is 24.2 Å². The van der Waals surface area contributed by atoms with Crippen molar-refractivity contribution in [3.05, 3.63) is 77.9 Å². The smallest absolute Gasteiger partial charge is 0.229 e. The molecule has 0 saturated carbocycles. The summed E-state index contributed by atoms with van der Waals surface area (Å²) in [5, 5.41) is 23.5. The molecule has 0 unspecified atom stereocenters. The fourth-order valence-electron chi connectivity index (χ4n) is 3.85. The molecule has 0 saturated heterocycles. The number of sulfonamides is 1. The van der Waals surface area contributed by atoms with Gasteiger partial charge in [-0.05, 0) is 60.5 Å². The third kappa shape index (κ3) is 8.85. The van der Waals surface area contributed by atoms with Gasteiger partial charge >= 0.3 is 0 Å². The van der Waals surface area contributed by atoms with E-state index in [4.69, 9.17) is 14.2 Å². The standard InChI is InChI=1S/C27H34N2O7S/c1-34-22-8-4-19(5-9-22)25(20-6-10-23(35-2)11-7-20)14-15-28-17-21(30)18-36-24-12-13-27(31)26(16-24)29-37(3,32)33/h4-13,16,21,25,28-31H,14-15,17-18H2,1-3H3/t21-/m1/s1. The molecule has 0 spiro atoms. The van der Waals surface area contributed by atoms with Crippen LogP contribution in [0.15, 0.2) is 66.7 Å². The van der Waals surface area contributed by atoms with Crippen molar-refractivity contribution in [1.82, 2.24) is 5.32 Å². The average molecular weight is 531 g/mol. The number of rotatable bonds is 14. The fourth-order valence-corrected chi connectivity index (χ4v) is 4.41. The molecule has 0 radical (unpaired) electrons. The van der Waals surface area contributed by atoms with Crippen molar-refractivity contribution in [2.75, 3.05) is 44.9 Å². The maximum atomic E-state index is 11.4. The minimum absolute atomic E-state index is 0.00349. The van der Waals surface area contributed by atoms with Crippen LogP contribution in [-0.4, -0.2) is 64.9 Å². The molecule has 37 heavy (non-hydrogen) atoms. The van der Waals surface area contributed by atoms with Crippen molar-refractivity contribution in [3.8, 4) is 23.0 Å². The van der Waals surface area contributed by atoms with E-state index < -0.39 is 16.1 Å². The molecule has 3 aromatic rings. The number of aliphatic hydroxyl groups is 1. The summed E-state index contributed by atoms with van der Waals surface area (Å²) in [5.41, 5.74) is 2.32. The second kappa shape index (κ2) is 13.2. The minimum atomic E-state index is -3.55. The molecule has 0 aliphatic rings. The molecule has 1 atom stereocenters. The van der Waals surface area contributed by atoms with Gasteiger partial charge in [-0.25, -0.2) is 8.42 Å². The van der Waals surface area contributed by atoms with Crippen LogP contribution in [0.1, 0.15) is 23.5 Å². The summed E-state index contributed by atoms with van der Waals surface area (Å²) in [6.07, 6.45) is 0.995. The molecule has 10 heteroatoms. The lowest BCUT2D eigenvalue weighted by Crippen LogP contribution is -2.32. The Hall–Kier alpha value is -3.47. The fraction of sp³-hybridized carbons (Fsp3) is 0.333. The zero-order valence-corrected chi connectivity index (χ0v) is 22.0. The average Bonchev–Trinajstić information content (AvgIpc) is 2.88. The minimum Gasteiger partial charge on any atom is -0.506 e. The van der Waals surface area contributed by atoms with Gasteiger partial charge in [0.2, 0.25) is 10.0 Å². The maximum absolute atomic E-state index is 11.4. The topological polar surface area (TPSA) is 126 Å². The molecule has 0 heterocycles. The summed E-state index contributed by atoms with van der Waals surface area (Å²) >= 11 is 0. The van der Waals surface area contributed by atoms with Crippen LogP contribution in [0.3, 0.4) is 0 Å². The van der Waals surface area contributed by atoms with Gasteiger partial charge < -0.3 is 29.7 Å². The number of phenolic OH excluding ortho intramolecular Hbond substituents is 1. The molecule has 9 nitrogen and oxygen atoms in total. The van der Waals surface area contributed by atoms with Gasteiger partial charge in [-0.1, -0.05) is 24.3 Å². The van der Waals surface area contributed by atoms with Crippen molar-refractivity contribution >= 4 is 15.7 Å². The Morgan fingerprint density at radius 2 is 1.41 bits per heavy atom. The predicted molar refractivity (Wildman–Crippen MR) is 143 cm³/mol. The number of ether oxygens (including phenoxy) is 3. The Morgan fingerprint density at radius 3 is 1.92 bits per heavy atom. The van der Waals surface area contributed by atoms with Crippen molar-refractivity contribution in [3.63, 3.8) is 0 Å². The molecule has 0 fully saturated rings. The van der Waals surface area contributed by atoms with Gasteiger partial charge in [-0.2, -0.15) is 0 Å². The summed E-state index contributed by atoms with van der Waals surface area (Å²) < 4.78 is 41.3. The number of nitrogens with one attached hydrogen (secondary N) is 2. The van der Waals surface area contributed by atoms with Crippen molar-refractivity contribution in [1.29, 1.82) is 0 Å². The van der Waals surface area contributed by atoms with Gasteiger partial charge in [0.25, 0.3) is 0 Å². The first-order chi connectivity index (χ1) is 17.7. The van der Waals surface area contributed by atoms with E-state index in [1.807, 2.05) is 24.3 Å². The number of hydrogen-bond donors (Lipinski definition) is 4. The third-order valence-electron chi connectivity index (χ3n) is 5.73. The molecule has 3 aromatic carbocycles. The van der Waals surface area contributed by atoms with Gasteiger partial charge in [-0.15, -0.1) is 0 Å². The van der Waals surface area contributed by atoms with E-state index in [0.29, 0.717) is 18.8 Å². The van der Waals surface area contributed by atoms with Gasteiger partial charge in [0.15, 0.2) is 0 Å². The lowest BCUT2D eigenvalue weighted by Gasteiger charge is -2.20. The van der Waals surface area contributed by atoms with E-state index in [9.17, 15) is 18.6 Å². The Morgan fingerprint density at radius 1 is 0.865 bits per heavy atom. The Balaban J connectivity index is 1.54. The number of benzene rings is 3. The zero-order chi connectivity index (χ0) is 26.8. The first kappa shape index (κ1) is 28.1. The molecule has 4 N–H and O–H groups in total. The van der Waals surface area contributed by atoms with Gasteiger partial charge in [0.05, 0.1) is 26.2 Å². The number of aromatic hydroxyl groups is 1. The van der Waals surface area contributed by atoms with E-state index >= 15 is 0 Å². The lowest BCUT2D eigenvalue weighted by atomic mass is 9.88. The molecule has 0 aliphatic carbocycles. The van der Waals surface area contributed by atoms with E-state index in [0.717, 1.165) is 35.3 Å². The Bertz CT molecular complexity index is 1190. The van der Waals surface area contributed by atoms with E-state index in [-0.39, 0.29) is 24.0 Å². The van der Waals surface area contributed by atoms with Crippen LogP contribution in [0.4, 0.5) is 5.69 Å². The highest BCUT2D eigenvalue weighted by molar-refractivity contribution is 7.92. The van der Waals surface area contributed by atoms with Crippen LogP contribution in [-0.2, 0) is 10.0 Å². The second-order valence-corrected chi connectivity index (χ2v) is 10.4. The second-order valence-electron chi connectivity index (χ2n) is 8.61. The van der Waals surface area contributed by atoms with E-state index in [1.165, 1.54) is 18.2 Å². The van der Waals surface area contributed by atoms with Crippen LogP contribution in [0.2, 0.25) is 0 Å². The van der Waals surface area contributed by atoms with Gasteiger partial charge in [0.1, 0.15) is 35.7 Å². The molecule has 0 amide bonds. The summed E-state index contributed by atoms with van der Waals surface area (Å²) in [5.74, 6) is 1.83. The molecule has 200 valence electrons. The summed E-state index contributed by atoms with van der Waals surface area (Å²) in [4.78, 5) is 0. The predicted octanol–water partition coefficient (Wildman–Crippen LogP) is 3.33. The summed E-state index contributed by atoms with van der Waals surface area (Å²) in [6, 6.07) is 20.2. The highest BCUT2D eigenvalue weighted by atomic mass is 32.2. The van der Waals surface area contributed by atoms with Crippen molar-refractivity contribution in [2.45, 2.75) is 18.4 Å². The highest BCUT2D eigenvalue weighted by Gasteiger charge is 2.15. The van der Waals surface area contributed by atoms with Crippen LogP contribution >= 0.6 is 0 Å². The number of hydrogen-bond acceptors (Lipinski definition) is 8. The molecule has 0 aromatic heterocycles. The van der Waals surface area contributed by atoms with Gasteiger partial charge in [0, 0.05) is 18.5 Å². The quantitative estimate of drug-likeness (QED) is 0.185. The van der Waals surface area contributed by atoms with E-state index in [2.05, 4.69) is 34.3 Å². The van der Waals surface area contributed by atoms with Crippen LogP contribution in [0.25, 0.3) is 0 Å². The summed E-state index contributed by atoms with van der Waals surface area (Å²) in [6.45, 7) is 0.961. The summed E-state index contributed by atoms with van der Waals surface area (Å²) in [7, 11) is -0.273. The SMILES string of the molecule is COc1ccc(C(CCNC[C@@H](O)COc2ccc(O)c(NS(C)(=O)=O)c2)c2ccc(OC)cc2)cc1. The number of phenols is 1. The first-order valence-corrected chi connectivity index (χ1v) is 13.7. The van der Waals surface area contributed by atoms with Gasteiger partial charge in [-0.3, -0.25) is 4.72 Å². The molecule has 0 bridgehead atoms. The normalized spacial score (nSPS) is 12.2. The van der Waals surface area contributed by atoms with E-state index in [1.54, 1.807) is 14.2 Å². The molecular weight excluding hydrogens is 496 g/mol. The zero-order valence-electron chi connectivity index (χ0n) is 21.2. The number of methoxy groups -OCH3 is 2. The maximum Gasteiger partial charge on any atom is 0.229 e. The lowest BCUT2D eigenvalue weighted by molar-refractivity contribution is 0.106. The Kier molecular flexibility index (Phi) is 10.0. The number of anilines is 1.